The molecule has 9 aromatic carbocycles. The van der Waals surface area contributed by atoms with Crippen LogP contribution in [0.15, 0.2) is 224 Å². The maximum Gasteiger partial charge on any atom is 0.305 e. The van der Waals surface area contributed by atoms with Gasteiger partial charge in [0.1, 0.15) is 90.0 Å². The minimum Gasteiger partial charge on any atom is -0.436 e. The lowest BCUT2D eigenvalue weighted by Gasteiger charge is -2.12. The number of nitriles is 8. The van der Waals surface area contributed by atoms with Gasteiger partial charge in [-0.05, 0) is 153 Å². The zero-order valence-corrected chi connectivity index (χ0v) is 71.3. The van der Waals surface area contributed by atoms with Crippen LogP contribution >= 0.6 is 0 Å². The van der Waals surface area contributed by atoms with E-state index in [1.54, 1.807) is 106 Å². The van der Waals surface area contributed by atoms with Crippen LogP contribution in [0.2, 0.25) is 0 Å². The first-order chi connectivity index (χ1) is 68.6. The fourth-order valence-electron chi connectivity index (χ4n) is 14.8. The Balaban J connectivity index is 0.000000135. The van der Waals surface area contributed by atoms with Crippen molar-refractivity contribution in [3.05, 3.63) is 359 Å². The van der Waals surface area contributed by atoms with Crippen molar-refractivity contribution in [2.45, 2.75) is 20.8 Å². The molecule has 0 fully saturated rings. The summed E-state index contributed by atoms with van der Waals surface area (Å²) >= 11 is 0. The molecule has 0 amide bonds. The summed E-state index contributed by atoms with van der Waals surface area (Å²) in [7, 11) is 0. The molecule has 0 unspecified atom stereocenters. The van der Waals surface area contributed by atoms with E-state index in [1.165, 1.54) is 60.7 Å². The van der Waals surface area contributed by atoms with E-state index < -0.39 is 0 Å². The zero-order chi connectivity index (χ0) is 98.5. The maximum absolute atomic E-state index is 10.4. The van der Waals surface area contributed by atoms with Gasteiger partial charge in [-0.15, -0.1) is 0 Å². The van der Waals surface area contributed by atoms with Gasteiger partial charge in [-0.3, -0.25) is 14.7 Å². The number of rotatable bonds is 9. The Morgan fingerprint density at radius 3 is 1.05 bits per heavy atom. The third-order valence-corrected chi connectivity index (χ3v) is 21.5. The fourth-order valence-corrected chi connectivity index (χ4v) is 14.8. The van der Waals surface area contributed by atoms with Gasteiger partial charge in [-0.1, -0.05) is 6.07 Å². The van der Waals surface area contributed by atoms with Gasteiger partial charge in [0.15, 0.2) is 57.2 Å². The summed E-state index contributed by atoms with van der Waals surface area (Å²) in [6.07, 6.45) is 0. The molecular formula is C100H31N35O6. The van der Waals surface area contributed by atoms with Crippen LogP contribution in [0.3, 0.4) is 0 Å². The second-order valence-corrected chi connectivity index (χ2v) is 29.7. The second-order valence-electron chi connectivity index (χ2n) is 29.7. The molecule has 3 aliphatic rings. The molecule has 41 nitrogen and oxygen atoms in total. The van der Waals surface area contributed by atoms with E-state index >= 15 is 0 Å². The highest BCUT2D eigenvalue weighted by molar-refractivity contribution is 5.93. The van der Waals surface area contributed by atoms with Crippen molar-refractivity contribution >= 4 is 106 Å². The van der Waals surface area contributed by atoms with Crippen LogP contribution in [0.1, 0.15) is 51.4 Å². The first kappa shape index (κ1) is 86.3. The molecule has 642 valence electrons. The van der Waals surface area contributed by atoms with Gasteiger partial charge >= 0.3 is 11.4 Å². The first-order valence-corrected chi connectivity index (χ1v) is 40.0. The number of allylic oxidation sites excluding steroid dienone is 3. The van der Waals surface area contributed by atoms with Crippen molar-refractivity contribution in [2.75, 3.05) is 0 Å². The minimum atomic E-state index is -0.355. The summed E-state index contributed by atoms with van der Waals surface area (Å²) in [5.74, 6) is 0.443. The van der Waals surface area contributed by atoms with Gasteiger partial charge < -0.3 is 26.5 Å². The summed E-state index contributed by atoms with van der Waals surface area (Å²) < 4.78 is 35.9. The Hall–Kier alpha value is -24.0. The molecule has 0 bridgehead atoms. The van der Waals surface area contributed by atoms with E-state index in [4.69, 9.17) is 102 Å². The van der Waals surface area contributed by atoms with Gasteiger partial charge in [-0.2, -0.15) is 31.6 Å². The Kier molecular flexibility index (Phi) is 21.3. The van der Waals surface area contributed by atoms with E-state index in [1.807, 2.05) is 12.1 Å². The molecule has 21 rings (SSSR count). The molecule has 0 radical (unpaired) electrons. The molecule has 3 aliphatic heterocycles. The van der Waals surface area contributed by atoms with Crippen LogP contribution in [-0.4, -0.2) is 54.8 Å². The maximum atomic E-state index is 10.4. The van der Waals surface area contributed by atoms with E-state index in [9.17, 15) is 42.1 Å². The average molecular weight is 1820 g/mol. The van der Waals surface area contributed by atoms with Crippen LogP contribution in [0, 0.1) is 170 Å². The van der Waals surface area contributed by atoms with Crippen molar-refractivity contribution in [2.24, 2.45) is 30.0 Å². The number of benzene rings is 9. The number of aromatic nitrogens is 11. The lowest BCUT2D eigenvalue weighted by Crippen LogP contribution is -2.26. The predicted octanol–water partition coefficient (Wildman–Crippen LogP) is 18.7. The second kappa shape index (κ2) is 34.8. The van der Waals surface area contributed by atoms with Gasteiger partial charge in [0, 0.05) is 28.3 Å². The number of aryl methyl sites for hydroxylation is 2. The highest BCUT2D eigenvalue weighted by atomic mass is 16.4. The van der Waals surface area contributed by atoms with Crippen LogP contribution < -0.4 is 32.1 Å². The summed E-state index contributed by atoms with van der Waals surface area (Å²) in [5.41, 5.74) is 9.99. The summed E-state index contributed by atoms with van der Waals surface area (Å²) in [4.78, 5) is 110. The molecule has 0 N–H and O–H groups in total. The highest BCUT2D eigenvalue weighted by Crippen LogP contribution is 2.43. The molecule has 0 saturated carbocycles. The number of fused-ring (bicyclic) bond motifs is 9. The Labute approximate surface area is 787 Å². The molecule has 9 aromatic heterocycles. The fraction of sp³-hybridized carbons (Fsp3) is 0.0300. The third-order valence-electron chi connectivity index (χ3n) is 21.5. The van der Waals surface area contributed by atoms with Crippen molar-refractivity contribution in [3.63, 3.8) is 0 Å². The Morgan fingerprint density at radius 1 is 0.284 bits per heavy atom. The zero-order valence-electron chi connectivity index (χ0n) is 71.3. The number of nitrogens with zero attached hydrogens (tertiary/aromatic N) is 35. The van der Waals surface area contributed by atoms with Gasteiger partial charge in [0.2, 0.25) is 58.0 Å². The standard InChI is InChI=1S/C37H10N16.C32H11N9O3.C31H10N10O3/c1-17(42-2)34-46-25-11-8-20(32(45-5)33(25)53-34)27-12-26(18-6-9-23-30(21(18)13-38)51-36(47-23)28(15-40)43-3)49-35(50-27)19-7-10-24-31(22(19)14-39)52-37(48-24)29(16-41)44-4;1-15-5-27-22(8-17(15)13-33)39-30(42-27)16-6-25(31-40-23-9-18(14-34)19(35-2)11-28(23)43-31)38-26(7-16)32-41-24-10-20(36-3)21(37-4)12-29(24)44-32;1-14-5-25-20(6-15(14)12-32)39-29(42-25)23-9-24(30-40-21-7-16(13-33)17(34-2)10-26(21)43-30)38-28(37-23)31-41-22-8-18(35-3)19(36-4)11-27(22)44-31/h6-12H,1H3;5-12H,1H3;5-11H,1H3/b34-17-,36-28+,37-29+;;. The Morgan fingerprint density at radius 2 is 0.624 bits per heavy atom. The van der Waals surface area contributed by atoms with Gasteiger partial charge in [0.05, 0.1) is 179 Å². The van der Waals surface area contributed by atoms with Crippen molar-refractivity contribution in [1.29, 1.82) is 42.1 Å². The number of pyridine rings is 1. The monoisotopic (exact) mass is 1820 g/mol. The normalized spacial score (nSPS) is 12.4. The van der Waals surface area contributed by atoms with Crippen molar-refractivity contribution in [3.8, 4) is 152 Å². The van der Waals surface area contributed by atoms with E-state index in [2.05, 4.69) is 148 Å². The topological polar surface area (TPSA) is 529 Å². The molecule has 12 heterocycles. The van der Waals surface area contributed by atoms with Gasteiger partial charge in [-0.25, -0.2) is 129 Å². The largest absolute Gasteiger partial charge is 0.436 e. The molecule has 0 saturated heterocycles. The lowest BCUT2D eigenvalue weighted by molar-refractivity contribution is 0.604. The predicted molar refractivity (Wildman–Crippen MR) is 489 cm³/mol. The summed E-state index contributed by atoms with van der Waals surface area (Å²) in [6, 6.07) is 50.2. The number of oxazole rings is 6. The van der Waals surface area contributed by atoms with Crippen LogP contribution in [0.5, 0.6) is 0 Å². The smallest absolute Gasteiger partial charge is 0.305 e. The van der Waals surface area contributed by atoms with Crippen LogP contribution in [0.4, 0.5) is 39.8 Å². The number of hydrogen-bond acceptors (Lipinski definition) is 31. The minimum absolute atomic E-state index is 0.000363. The lowest BCUT2D eigenvalue weighted by atomic mass is 10.00. The van der Waals surface area contributed by atoms with Crippen molar-refractivity contribution in [1.82, 2.24) is 54.8 Å². The Bertz CT molecular complexity index is 9350. The van der Waals surface area contributed by atoms with Gasteiger partial charge in [0.25, 0.3) is 5.89 Å². The molecular weight excluding hydrogens is 1790 g/mol. The summed E-state index contributed by atoms with van der Waals surface area (Å²) in [6.45, 7) is 79.5. The molecule has 0 atom stereocenters. The van der Waals surface area contributed by atoms with Crippen LogP contribution in [0.25, 0.3) is 218 Å². The molecule has 141 heavy (non-hydrogen) atoms. The SMILES string of the molecule is [C-]#[N+]/C(C)=C1/N=c2ccc(-c3cc(-c4ccc5c(c4C#N)=N/C(=C(\C#N)[N+]#[C-])N=5)nc(-c4ccc5c(c4C#N)=N/C(=C(\C#N)[N+]#[C-])N=5)n3)c([N+]#[C-])c2=N1.[C-]#[N+]c1cc2oc(-c3cc(-c4nc5cc(C#N)c(C)cc5o4)cc(-c4nc5cc([N+]#[C-])c([N+]#[C-])cc5o4)n3)nc2cc1C#N.[C-]#[N+]c1cc2oc(-c3cc(-c4nc5cc(C#N)c(C)cc5o4)nc(-c4nc5cc([N+]#[C-])c([N+]#[C-])cc5o4)n3)nc2cc1C#N. The molecule has 0 aliphatic carbocycles. The number of hydrogen-bond donors (Lipinski definition) is 0. The molecule has 18 aromatic rings. The first-order valence-electron chi connectivity index (χ1n) is 40.0. The quantitative estimate of drug-likeness (QED) is 0.0956. The highest BCUT2D eigenvalue weighted by Gasteiger charge is 2.29. The van der Waals surface area contributed by atoms with Crippen LogP contribution in [-0.2, 0) is 0 Å². The average Bonchev–Trinajstić information content (AvgIpc) is 1.42. The van der Waals surface area contributed by atoms with E-state index in [-0.39, 0.29) is 227 Å². The molecule has 41 heteroatoms. The molecule has 0 spiro atoms. The summed E-state index contributed by atoms with van der Waals surface area (Å²) in [5, 5.41) is 78.7. The van der Waals surface area contributed by atoms with Crippen molar-refractivity contribution < 1.29 is 26.5 Å². The van der Waals surface area contributed by atoms with E-state index in [0.29, 0.717) is 83.0 Å². The van der Waals surface area contributed by atoms with E-state index in [0.717, 1.165) is 11.1 Å². The third kappa shape index (κ3) is 15.2.